The van der Waals surface area contributed by atoms with Crippen LogP contribution < -0.4 is 5.32 Å². The summed E-state index contributed by atoms with van der Waals surface area (Å²) < 4.78 is 5.24. The third-order valence-electron chi connectivity index (χ3n) is 1.85. The van der Waals surface area contributed by atoms with Crippen molar-refractivity contribution in [2.45, 2.75) is 6.42 Å². The van der Waals surface area contributed by atoms with Crippen LogP contribution in [0.2, 0.25) is 5.15 Å². The molecule has 1 amide bonds. The molecule has 0 aromatic carbocycles. The van der Waals surface area contributed by atoms with E-state index < -0.39 is 0 Å². The minimum atomic E-state index is -0.290. The molecule has 1 heterocycles. The number of rotatable bonds is 7. The summed E-state index contributed by atoms with van der Waals surface area (Å²) in [5.41, 5.74) is 0.237. The summed E-state index contributed by atoms with van der Waals surface area (Å²) in [7, 11) is 0. The predicted molar refractivity (Wildman–Crippen MR) is 65.0 cm³/mol. The van der Waals surface area contributed by atoms with Crippen LogP contribution in [0.5, 0.6) is 0 Å². The van der Waals surface area contributed by atoms with Crippen molar-refractivity contribution in [3.8, 4) is 0 Å². The van der Waals surface area contributed by atoms with E-state index >= 15 is 0 Å². The Balaban J connectivity index is 2.21. The highest BCUT2D eigenvalue weighted by molar-refractivity contribution is 6.29. The van der Waals surface area contributed by atoms with Crippen LogP contribution in [0, 0.1) is 0 Å². The lowest BCUT2D eigenvalue weighted by Crippen LogP contribution is -2.28. The highest BCUT2D eigenvalue weighted by atomic mass is 35.5. The molecule has 1 rings (SSSR count). The van der Waals surface area contributed by atoms with Gasteiger partial charge in [0.15, 0.2) is 0 Å². The number of nitrogens with zero attached hydrogens (tertiary/aromatic N) is 2. The number of aromatic nitrogens is 2. The molecule has 1 N–H and O–H groups in total. The van der Waals surface area contributed by atoms with Gasteiger partial charge in [-0.1, -0.05) is 17.7 Å². The lowest BCUT2D eigenvalue weighted by Gasteiger charge is -2.04. The molecule has 6 heteroatoms. The summed E-state index contributed by atoms with van der Waals surface area (Å²) in [6.45, 7) is 5.08. The van der Waals surface area contributed by atoms with Gasteiger partial charge in [-0.05, 0) is 6.42 Å². The molecule has 0 atom stereocenters. The van der Waals surface area contributed by atoms with Gasteiger partial charge >= 0.3 is 0 Å². The van der Waals surface area contributed by atoms with E-state index in [0.717, 1.165) is 6.42 Å². The molecule has 0 aliphatic heterocycles. The first kappa shape index (κ1) is 13.6. The summed E-state index contributed by atoms with van der Waals surface area (Å²) in [5, 5.41) is 2.92. The van der Waals surface area contributed by atoms with Gasteiger partial charge in [-0.15, -0.1) is 6.58 Å². The largest absolute Gasteiger partial charge is 0.379 e. The second-order valence-corrected chi connectivity index (χ2v) is 3.56. The molecule has 0 radical (unpaired) electrons. The maximum absolute atomic E-state index is 11.5. The third kappa shape index (κ3) is 5.42. The summed E-state index contributed by atoms with van der Waals surface area (Å²) in [6, 6.07) is 0. The van der Waals surface area contributed by atoms with Gasteiger partial charge < -0.3 is 10.1 Å². The van der Waals surface area contributed by atoms with E-state index in [0.29, 0.717) is 19.8 Å². The quantitative estimate of drug-likeness (QED) is 0.592. The monoisotopic (exact) mass is 255 g/mol. The van der Waals surface area contributed by atoms with E-state index in [1.54, 1.807) is 6.08 Å². The molecule has 0 aliphatic rings. The van der Waals surface area contributed by atoms with Crippen molar-refractivity contribution in [2.75, 3.05) is 19.8 Å². The van der Waals surface area contributed by atoms with E-state index in [-0.39, 0.29) is 16.8 Å². The van der Waals surface area contributed by atoms with Gasteiger partial charge in [-0.3, -0.25) is 4.79 Å². The predicted octanol–water partition coefficient (Wildman–Crippen LogP) is 1.45. The first-order valence-electron chi connectivity index (χ1n) is 5.18. The van der Waals surface area contributed by atoms with Gasteiger partial charge in [-0.2, -0.15) is 0 Å². The molecular formula is C11H14ClN3O2. The van der Waals surface area contributed by atoms with Gasteiger partial charge in [0.1, 0.15) is 10.8 Å². The Morgan fingerprint density at radius 2 is 2.29 bits per heavy atom. The second kappa shape index (κ2) is 7.76. The Morgan fingerprint density at radius 3 is 2.94 bits per heavy atom. The third-order valence-corrected chi connectivity index (χ3v) is 2.05. The zero-order valence-corrected chi connectivity index (χ0v) is 10.1. The molecule has 0 aliphatic carbocycles. The number of ether oxygens (including phenoxy) is 1. The Bertz CT molecular complexity index is 367. The topological polar surface area (TPSA) is 64.1 Å². The summed E-state index contributed by atoms with van der Waals surface area (Å²) >= 11 is 5.56. The minimum Gasteiger partial charge on any atom is -0.379 e. The van der Waals surface area contributed by atoms with E-state index in [1.165, 1.54) is 12.4 Å². The van der Waals surface area contributed by atoms with Crippen LogP contribution >= 0.6 is 11.6 Å². The summed E-state index contributed by atoms with van der Waals surface area (Å²) in [5.74, 6) is -0.290. The number of hydrogen-bond donors (Lipinski definition) is 1. The van der Waals surface area contributed by atoms with Crippen LogP contribution in [-0.4, -0.2) is 35.6 Å². The van der Waals surface area contributed by atoms with Gasteiger partial charge in [0.2, 0.25) is 0 Å². The number of halogens is 1. The normalized spacial score (nSPS) is 9.94. The lowest BCUT2D eigenvalue weighted by molar-refractivity contribution is 0.0912. The molecule has 0 bridgehead atoms. The molecule has 17 heavy (non-hydrogen) atoms. The van der Waals surface area contributed by atoms with E-state index in [2.05, 4.69) is 21.9 Å². The van der Waals surface area contributed by atoms with Gasteiger partial charge in [-0.25, -0.2) is 9.97 Å². The molecule has 0 spiro atoms. The molecule has 1 aromatic heterocycles. The van der Waals surface area contributed by atoms with Gasteiger partial charge in [0.25, 0.3) is 5.91 Å². The Labute approximate surface area is 105 Å². The molecular weight excluding hydrogens is 242 g/mol. The number of carbonyl (C=O) groups excluding carboxylic acids is 1. The van der Waals surface area contributed by atoms with Crippen molar-refractivity contribution in [1.82, 2.24) is 15.3 Å². The molecule has 0 saturated carbocycles. The van der Waals surface area contributed by atoms with Crippen molar-refractivity contribution < 1.29 is 9.53 Å². The zero-order valence-electron chi connectivity index (χ0n) is 9.36. The highest BCUT2D eigenvalue weighted by Gasteiger charge is 2.06. The van der Waals surface area contributed by atoms with Crippen molar-refractivity contribution in [2.24, 2.45) is 0 Å². The second-order valence-electron chi connectivity index (χ2n) is 3.17. The smallest absolute Gasteiger partial charge is 0.271 e. The maximum Gasteiger partial charge on any atom is 0.271 e. The SMILES string of the molecule is C=CCCOCCNC(=O)c1cnc(Cl)cn1. The first-order valence-corrected chi connectivity index (χ1v) is 5.56. The summed E-state index contributed by atoms with van der Waals surface area (Å²) in [4.78, 5) is 19.1. The van der Waals surface area contributed by atoms with Crippen molar-refractivity contribution in [1.29, 1.82) is 0 Å². The minimum absolute atomic E-state index is 0.237. The highest BCUT2D eigenvalue weighted by Crippen LogP contribution is 2.00. The maximum atomic E-state index is 11.5. The average Bonchev–Trinajstić information content (AvgIpc) is 2.34. The van der Waals surface area contributed by atoms with E-state index in [4.69, 9.17) is 16.3 Å². The molecule has 5 nitrogen and oxygen atoms in total. The van der Waals surface area contributed by atoms with E-state index in [9.17, 15) is 4.79 Å². The first-order chi connectivity index (χ1) is 8.24. The van der Waals surface area contributed by atoms with Crippen LogP contribution in [0.3, 0.4) is 0 Å². The standard InChI is InChI=1S/C11H14ClN3O2/c1-2-3-5-17-6-4-13-11(16)9-7-15-10(12)8-14-9/h2,7-8H,1,3-6H2,(H,13,16). The fourth-order valence-corrected chi connectivity index (χ4v) is 1.12. The Kier molecular flexibility index (Phi) is 6.21. The van der Waals surface area contributed by atoms with Crippen LogP contribution in [0.25, 0.3) is 0 Å². The number of hydrogen-bond acceptors (Lipinski definition) is 4. The molecule has 0 saturated heterocycles. The zero-order chi connectivity index (χ0) is 12.5. The van der Waals surface area contributed by atoms with Gasteiger partial charge in [0, 0.05) is 6.54 Å². The molecule has 0 unspecified atom stereocenters. The number of carbonyl (C=O) groups is 1. The van der Waals surface area contributed by atoms with Crippen molar-refractivity contribution in [3.63, 3.8) is 0 Å². The van der Waals surface area contributed by atoms with Crippen LogP contribution in [0.1, 0.15) is 16.9 Å². The fraction of sp³-hybridized carbons (Fsp3) is 0.364. The van der Waals surface area contributed by atoms with Crippen LogP contribution in [-0.2, 0) is 4.74 Å². The Morgan fingerprint density at radius 1 is 1.47 bits per heavy atom. The van der Waals surface area contributed by atoms with E-state index in [1.807, 2.05) is 0 Å². The van der Waals surface area contributed by atoms with Crippen LogP contribution in [0.15, 0.2) is 25.0 Å². The summed E-state index contributed by atoms with van der Waals surface area (Å²) in [6.07, 6.45) is 5.24. The van der Waals surface area contributed by atoms with Crippen molar-refractivity contribution >= 4 is 17.5 Å². The molecule has 1 aromatic rings. The molecule has 0 fully saturated rings. The van der Waals surface area contributed by atoms with Gasteiger partial charge in [0.05, 0.1) is 25.6 Å². The fourth-order valence-electron chi connectivity index (χ4n) is 1.03. The number of nitrogens with one attached hydrogen (secondary N) is 1. The average molecular weight is 256 g/mol. The van der Waals surface area contributed by atoms with Crippen LogP contribution in [0.4, 0.5) is 0 Å². The van der Waals surface area contributed by atoms with Crippen molar-refractivity contribution in [3.05, 3.63) is 35.9 Å². The molecule has 92 valence electrons. The lowest BCUT2D eigenvalue weighted by atomic mass is 10.4. The Hall–Kier alpha value is -1.46. The number of amides is 1.